The number of aliphatic hydroxyl groups excluding tert-OH is 2. The third-order valence-electron chi connectivity index (χ3n) is 12.4. The minimum atomic E-state index is -0.797. The monoisotopic (exact) mass is 896 g/mol. The van der Waals surface area contributed by atoms with Gasteiger partial charge in [-0.05, 0) is 70.6 Å². The summed E-state index contributed by atoms with van der Waals surface area (Å²) in [5.41, 5.74) is 0. The lowest BCUT2D eigenvalue weighted by Crippen LogP contribution is -2.46. The Morgan fingerprint density at radius 1 is 0.469 bits per heavy atom. The van der Waals surface area contributed by atoms with Gasteiger partial charge in [0.2, 0.25) is 5.91 Å². The molecule has 0 heterocycles. The molecule has 0 aliphatic carbocycles. The number of hydrogen-bond acceptors (Lipinski definition) is 5. The highest BCUT2D eigenvalue weighted by molar-refractivity contribution is 5.77. The van der Waals surface area contributed by atoms with Crippen LogP contribution < -0.4 is 5.32 Å². The van der Waals surface area contributed by atoms with E-state index in [0.29, 0.717) is 19.3 Å². The summed E-state index contributed by atoms with van der Waals surface area (Å²) < 4.78 is 5.93. The number of ether oxygens (including phenoxy) is 1. The standard InChI is InChI=1S/C58H105NO5/c1-4-7-10-13-16-19-22-25-28-30-31-34-37-40-43-46-49-54(64-58(63)51-48-45-42-39-36-33-29-26-23-20-17-14-11-8-5-2)52-57(62)59-55(53-60)56(61)50-47-44-41-38-35-32-27-24-21-18-15-12-9-6-3/h8,11,14,17,20,23,26,29,31,34,54-56,60-61H,4-7,9-10,12-13,15-16,18-19,21-22,24-25,27-28,30,32-33,35-53H2,1-3H3,(H,59,62)/b11-8+,17-14+,23-20+,29-26-,34-31+. The highest BCUT2D eigenvalue weighted by atomic mass is 16.5. The largest absolute Gasteiger partial charge is 0.462 e. The fourth-order valence-electron chi connectivity index (χ4n) is 8.26. The van der Waals surface area contributed by atoms with Crippen molar-refractivity contribution in [1.82, 2.24) is 5.32 Å². The number of carbonyl (C=O) groups is 2. The van der Waals surface area contributed by atoms with Crippen molar-refractivity contribution in [3.63, 3.8) is 0 Å². The van der Waals surface area contributed by atoms with E-state index in [1.165, 1.54) is 128 Å². The van der Waals surface area contributed by atoms with Crippen molar-refractivity contribution >= 4 is 11.9 Å². The highest BCUT2D eigenvalue weighted by Gasteiger charge is 2.24. The number of hydrogen-bond donors (Lipinski definition) is 3. The summed E-state index contributed by atoms with van der Waals surface area (Å²) in [4.78, 5) is 26.2. The van der Waals surface area contributed by atoms with Crippen molar-refractivity contribution in [3.05, 3.63) is 60.8 Å². The van der Waals surface area contributed by atoms with Crippen molar-refractivity contribution in [3.8, 4) is 0 Å². The number of unbranched alkanes of at least 4 members (excludes halogenated alkanes) is 30. The van der Waals surface area contributed by atoms with Gasteiger partial charge in [-0.1, -0.05) is 248 Å². The lowest BCUT2D eigenvalue weighted by atomic mass is 10.0. The zero-order valence-corrected chi connectivity index (χ0v) is 42.4. The number of amides is 1. The maximum Gasteiger partial charge on any atom is 0.306 e. The van der Waals surface area contributed by atoms with Gasteiger partial charge in [0.25, 0.3) is 0 Å². The summed E-state index contributed by atoms with van der Waals surface area (Å²) in [6.45, 7) is 6.36. The molecule has 3 N–H and O–H groups in total. The van der Waals surface area contributed by atoms with Crippen molar-refractivity contribution in [2.24, 2.45) is 0 Å². The number of esters is 1. The van der Waals surface area contributed by atoms with E-state index >= 15 is 0 Å². The molecule has 3 atom stereocenters. The van der Waals surface area contributed by atoms with Gasteiger partial charge in [-0.3, -0.25) is 9.59 Å². The Kier molecular flexibility index (Phi) is 49.6. The molecule has 372 valence electrons. The van der Waals surface area contributed by atoms with Crippen LogP contribution in [0.25, 0.3) is 0 Å². The Morgan fingerprint density at radius 2 is 0.859 bits per heavy atom. The normalized spacial score (nSPS) is 13.6. The maximum atomic E-state index is 13.2. The number of carbonyl (C=O) groups excluding carboxylic acids is 2. The summed E-state index contributed by atoms with van der Waals surface area (Å²) in [6, 6.07) is -0.713. The van der Waals surface area contributed by atoms with Gasteiger partial charge in [-0.15, -0.1) is 0 Å². The Labute approximate surface area is 397 Å². The fraction of sp³-hybridized carbons (Fsp3) is 0.793. The van der Waals surface area contributed by atoms with Crippen molar-refractivity contribution < 1.29 is 24.5 Å². The summed E-state index contributed by atoms with van der Waals surface area (Å²) in [5.74, 6) is -0.510. The predicted molar refractivity (Wildman–Crippen MR) is 278 cm³/mol. The average molecular weight is 896 g/mol. The molecule has 0 fully saturated rings. The second-order valence-corrected chi connectivity index (χ2v) is 18.7. The number of rotatable bonds is 49. The van der Waals surface area contributed by atoms with Gasteiger partial charge in [0.15, 0.2) is 0 Å². The smallest absolute Gasteiger partial charge is 0.306 e. The summed E-state index contributed by atoms with van der Waals surface area (Å²) in [6.07, 6.45) is 64.2. The van der Waals surface area contributed by atoms with Crippen LogP contribution in [0.3, 0.4) is 0 Å². The third kappa shape index (κ3) is 46.1. The molecule has 3 unspecified atom stereocenters. The van der Waals surface area contributed by atoms with Gasteiger partial charge < -0.3 is 20.3 Å². The van der Waals surface area contributed by atoms with E-state index in [0.717, 1.165) is 96.3 Å². The van der Waals surface area contributed by atoms with E-state index in [4.69, 9.17) is 4.74 Å². The topological polar surface area (TPSA) is 95.9 Å². The lowest BCUT2D eigenvalue weighted by molar-refractivity contribution is -0.151. The van der Waals surface area contributed by atoms with Crippen molar-refractivity contribution in [2.75, 3.05) is 6.61 Å². The molecule has 0 aromatic heterocycles. The van der Waals surface area contributed by atoms with Crippen LogP contribution in [0.1, 0.15) is 271 Å². The van der Waals surface area contributed by atoms with E-state index in [9.17, 15) is 19.8 Å². The second-order valence-electron chi connectivity index (χ2n) is 18.7. The highest BCUT2D eigenvalue weighted by Crippen LogP contribution is 2.18. The molecular formula is C58H105NO5. The van der Waals surface area contributed by atoms with Crippen LogP contribution >= 0.6 is 0 Å². The summed E-state index contributed by atoms with van der Waals surface area (Å²) in [7, 11) is 0. The van der Waals surface area contributed by atoms with E-state index < -0.39 is 18.2 Å². The molecule has 0 aliphatic rings. The Balaban J connectivity index is 4.63. The predicted octanol–water partition coefficient (Wildman–Crippen LogP) is 16.8. The minimum Gasteiger partial charge on any atom is -0.462 e. The SMILES string of the molecule is CC/C=C/C=C/C=C/C=C\CCCCCCCC(=O)OC(CCCCC/C=C/CCCCCCCCCCC)CC(=O)NC(CO)C(O)CCCCCCCCCCCCCCCC. The van der Waals surface area contributed by atoms with E-state index in [1.54, 1.807) is 0 Å². The third-order valence-corrected chi connectivity index (χ3v) is 12.4. The first-order chi connectivity index (χ1) is 31.5. The van der Waals surface area contributed by atoms with Crippen LogP contribution in [0.2, 0.25) is 0 Å². The first kappa shape index (κ1) is 61.6. The van der Waals surface area contributed by atoms with Gasteiger partial charge >= 0.3 is 5.97 Å². The molecule has 0 rings (SSSR count). The number of allylic oxidation sites excluding steroid dienone is 10. The minimum absolute atomic E-state index is 0.0569. The summed E-state index contributed by atoms with van der Waals surface area (Å²) >= 11 is 0. The first-order valence-electron chi connectivity index (χ1n) is 27.6. The van der Waals surface area contributed by atoms with Gasteiger partial charge in [0, 0.05) is 6.42 Å². The molecule has 0 aromatic carbocycles. The van der Waals surface area contributed by atoms with E-state index in [2.05, 4.69) is 68.6 Å². The average Bonchev–Trinajstić information content (AvgIpc) is 3.29. The molecule has 0 aliphatic heterocycles. The number of nitrogens with one attached hydrogen (secondary N) is 1. The Hall–Kier alpha value is -2.44. The molecule has 0 aromatic rings. The molecule has 0 bridgehead atoms. The van der Waals surface area contributed by atoms with E-state index in [1.807, 2.05) is 18.2 Å². The van der Waals surface area contributed by atoms with Gasteiger partial charge in [0.1, 0.15) is 6.10 Å². The summed E-state index contributed by atoms with van der Waals surface area (Å²) in [5, 5.41) is 23.8. The van der Waals surface area contributed by atoms with Crippen LogP contribution in [0, 0.1) is 0 Å². The van der Waals surface area contributed by atoms with Crippen LogP contribution in [-0.2, 0) is 14.3 Å². The van der Waals surface area contributed by atoms with Gasteiger partial charge in [0.05, 0.1) is 25.2 Å². The quantitative estimate of drug-likeness (QED) is 0.0245. The molecule has 6 heteroatoms. The Bertz CT molecular complexity index is 1140. The molecule has 64 heavy (non-hydrogen) atoms. The molecule has 0 spiro atoms. The lowest BCUT2D eigenvalue weighted by Gasteiger charge is -2.24. The van der Waals surface area contributed by atoms with Crippen LogP contribution in [-0.4, -0.2) is 46.9 Å². The molecule has 0 radical (unpaired) electrons. The molecule has 0 saturated heterocycles. The molecule has 1 amide bonds. The second kappa shape index (κ2) is 51.5. The van der Waals surface area contributed by atoms with Crippen molar-refractivity contribution in [2.45, 2.75) is 289 Å². The fourth-order valence-corrected chi connectivity index (χ4v) is 8.26. The van der Waals surface area contributed by atoms with Crippen molar-refractivity contribution in [1.29, 1.82) is 0 Å². The van der Waals surface area contributed by atoms with Crippen LogP contribution in [0.15, 0.2) is 60.8 Å². The van der Waals surface area contributed by atoms with Gasteiger partial charge in [-0.25, -0.2) is 0 Å². The zero-order valence-electron chi connectivity index (χ0n) is 42.4. The molecular weight excluding hydrogens is 791 g/mol. The Morgan fingerprint density at radius 3 is 1.34 bits per heavy atom. The van der Waals surface area contributed by atoms with Crippen LogP contribution in [0.4, 0.5) is 0 Å². The number of aliphatic hydroxyl groups is 2. The van der Waals surface area contributed by atoms with Crippen LogP contribution in [0.5, 0.6) is 0 Å². The van der Waals surface area contributed by atoms with Gasteiger partial charge in [-0.2, -0.15) is 0 Å². The molecule has 6 nitrogen and oxygen atoms in total. The first-order valence-corrected chi connectivity index (χ1v) is 27.6. The maximum absolute atomic E-state index is 13.2. The zero-order chi connectivity index (χ0) is 46.7. The molecule has 0 saturated carbocycles. The van der Waals surface area contributed by atoms with E-state index in [-0.39, 0.29) is 24.9 Å².